The average Bonchev–Trinajstić information content (AvgIpc) is 3.25. The molecule has 2 amide bonds. The van der Waals surface area contributed by atoms with E-state index in [1.807, 2.05) is 0 Å². The van der Waals surface area contributed by atoms with Crippen LogP contribution in [0.2, 0.25) is 0 Å². The Hall–Kier alpha value is -4.11. The van der Waals surface area contributed by atoms with Crippen molar-refractivity contribution in [2.45, 2.75) is 25.6 Å². The number of non-ortho nitro benzene ring substituents is 1. The normalized spacial score (nSPS) is 17.6. The van der Waals surface area contributed by atoms with Crippen LogP contribution in [0.3, 0.4) is 0 Å². The van der Waals surface area contributed by atoms with Gasteiger partial charge in [0, 0.05) is 17.5 Å². The SMILES string of the molecule is CON=C(C(=O)N[C@@H]1C(=O)N(OCC(=O)OCc2ccc([N+](=O)[O-])cc2)[C@H]1C)c1csc(N)n1. The van der Waals surface area contributed by atoms with Gasteiger partial charge in [0.1, 0.15) is 25.5 Å². The predicted octanol–water partition coefficient (Wildman–Crippen LogP) is 0.375. The van der Waals surface area contributed by atoms with Crippen molar-refractivity contribution >= 4 is 45.7 Å². The number of nitro benzene ring substituents is 1. The van der Waals surface area contributed by atoms with Crippen molar-refractivity contribution in [1.82, 2.24) is 15.4 Å². The average molecular weight is 492 g/mol. The molecule has 14 nitrogen and oxygen atoms in total. The van der Waals surface area contributed by atoms with Crippen LogP contribution in [-0.4, -0.2) is 64.3 Å². The van der Waals surface area contributed by atoms with E-state index in [1.54, 1.807) is 6.92 Å². The number of carbonyl (C=O) groups is 3. The molecule has 180 valence electrons. The van der Waals surface area contributed by atoms with E-state index in [-0.39, 0.29) is 28.8 Å². The summed E-state index contributed by atoms with van der Waals surface area (Å²) in [7, 11) is 1.26. The van der Waals surface area contributed by atoms with Crippen molar-refractivity contribution in [1.29, 1.82) is 0 Å². The highest BCUT2D eigenvalue weighted by atomic mass is 32.1. The Kier molecular flexibility index (Phi) is 7.70. The summed E-state index contributed by atoms with van der Waals surface area (Å²) in [4.78, 5) is 60.8. The Morgan fingerprint density at radius 3 is 2.62 bits per heavy atom. The number of rotatable bonds is 10. The molecule has 1 aliphatic rings. The number of benzene rings is 1. The van der Waals surface area contributed by atoms with Crippen molar-refractivity contribution in [2.75, 3.05) is 19.5 Å². The minimum absolute atomic E-state index is 0.0818. The molecule has 15 heteroatoms. The molecular formula is C19H20N6O8S. The number of thiazole rings is 1. The standard InChI is InChI=1S/C19H20N6O8S/c1-10-15(22-17(27)16(23-31-2)13-9-34-19(20)21-13)18(28)24(10)33-8-14(26)32-7-11-3-5-12(6-4-11)25(29)30/h3-6,9-10,15H,7-8H2,1-2H3,(H2,20,21)(H,22,27)/t10-,15-/m0/s1. The topological polar surface area (TPSA) is 189 Å². The van der Waals surface area contributed by atoms with E-state index in [0.717, 1.165) is 16.4 Å². The van der Waals surface area contributed by atoms with Crippen LogP contribution in [0.15, 0.2) is 34.8 Å². The van der Waals surface area contributed by atoms with Crippen LogP contribution in [0.25, 0.3) is 0 Å². The number of nitrogens with zero attached hydrogens (tertiary/aromatic N) is 4. The lowest BCUT2D eigenvalue weighted by Crippen LogP contribution is -2.70. The highest BCUT2D eigenvalue weighted by molar-refractivity contribution is 7.13. The Morgan fingerprint density at radius 2 is 2.06 bits per heavy atom. The summed E-state index contributed by atoms with van der Waals surface area (Å²) in [6, 6.07) is 4.01. The fourth-order valence-corrected chi connectivity index (χ4v) is 3.45. The van der Waals surface area contributed by atoms with Gasteiger partial charge in [0.05, 0.1) is 11.0 Å². The minimum Gasteiger partial charge on any atom is -0.459 e. The molecule has 3 N–H and O–H groups in total. The van der Waals surface area contributed by atoms with Gasteiger partial charge in [0.2, 0.25) is 0 Å². The van der Waals surface area contributed by atoms with E-state index >= 15 is 0 Å². The number of hydrogen-bond donors (Lipinski definition) is 2. The fourth-order valence-electron chi connectivity index (χ4n) is 2.90. The number of aromatic nitrogens is 1. The van der Waals surface area contributed by atoms with Crippen molar-refractivity contribution in [2.24, 2.45) is 5.16 Å². The third-order valence-corrected chi connectivity index (χ3v) is 5.33. The Morgan fingerprint density at radius 1 is 1.35 bits per heavy atom. The molecule has 1 saturated heterocycles. The van der Waals surface area contributed by atoms with Crippen molar-refractivity contribution in [3.63, 3.8) is 0 Å². The molecule has 2 atom stereocenters. The van der Waals surface area contributed by atoms with Crippen LogP contribution >= 0.6 is 11.3 Å². The number of ether oxygens (including phenoxy) is 1. The molecule has 2 aromatic rings. The second-order valence-corrected chi connectivity index (χ2v) is 7.80. The molecule has 1 fully saturated rings. The largest absolute Gasteiger partial charge is 0.459 e. The maximum absolute atomic E-state index is 12.6. The van der Waals surface area contributed by atoms with Crippen molar-refractivity contribution in [3.05, 3.63) is 51.0 Å². The molecule has 0 bridgehead atoms. The van der Waals surface area contributed by atoms with Gasteiger partial charge in [-0.25, -0.2) is 14.8 Å². The zero-order chi connectivity index (χ0) is 24.8. The molecule has 1 aromatic heterocycles. The maximum atomic E-state index is 12.6. The van der Waals surface area contributed by atoms with Gasteiger partial charge in [-0.15, -0.1) is 11.3 Å². The van der Waals surface area contributed by atoms with E-state index < -0.39 is 41.4 Å². The molecule has 0 unspecified atom stereocenters. The number of nitrogens with one attached hydrogen (secondary N) is 1. The Balaban J connectivity index is 1.46. The third-order valence-electron chi connectivity index (χ3n) is 4.65. The van der Waals surface area contributed by atoms with Gasteiger partial charge in [-0.1, -0.05) is 5.16 Å². The number of amides is 2. The van der Waals surface area contributed by atoms with Crippen molar-refractivity contribution < 1.29 is 33.7 Å². The number of nitrogens with two attached hydrogens (primary N) is 1. The Labute approximate surface area is 196 Å². The smallest absolute Gasteiger partial charge is 0.335 e. The molecular weight excluding hydrogens is 472 g/mol. The van der Waals surface area contributed by atoms with E-state index in [2.05, 4.69) is 20.3 Å². The first-order valence-corrected chi connectivity index (χ1v) is 10.6. The summed E-state index contributed by atoms with van der Waals surface area (Å²) < 4.78 is 5.03. The van der Waals surface area contributed by atoms with E-state index in [9.17, 15) is 24.5 Å². The van der Waals surface area contributed by atoms with Gasteiger partial charge in [0.15, 0.2) is 17.5 Å². The van der Waals surface area contributed by atoms with Gasteiger partial charge in [0.25, 0.3) is 17.5 Å². The van der Waals surface area contributed by atoms with Crippen LogP contribution < -0.4 is 11.1 Å². The number of carbonyl (C=O) groups excluding carboxylic acids is 3. The lowest BCUT2D eigenvalue weighted by Gasteiger charge is -2.43. The number of nitro groups is 1. The monoisotopic (exact) mass is 492 g/mol. The molecule has 0 radical (unpaired) electrons. The number of hydroxylamine groups is 2. The fraction of sp³-hybridized carbons (Fsp3) is 0.316. The first-order chi connectivity index (χ1) is 16.2. The second-order valence-electron chi connectivity index (χ2n) is 6.91. The summed E-state index contributed by atoms with van der Waals surface area (Å²) in [5.74, 6) is -2.01. The summed E-state index contributed by atoms with van der Waals surface area (Å²) in [5.41, 5.74) is 6.10. The van der Waals surface area contributed by atoms with E-state index in [1.165, 1.54) is 36.8 Å². The molecule has 0 spiro atoms. The lowest BCUT2D eigenvalue weighted by molar-refractivity contribution is -0.384. The molecule has 0 saturated carbocycles. The molecule has 2 heterocycles. The predicted molar refractivity (Wildman–Crippen MR) is 117 cm³/mol. The van der Waals surface area contributed by atoms with Gasteiger partial charge >= 0.3 is 5.97 Å². The minimum atomic E-state index is -0.915. The first kappa shape index (κ1) is 24.5. The van der Waals surface area contributed by atoms with Gasteiger partial charge in [-0.2, -0.15) is 0 Å². The van der Waals surface area contributed by atoms with Gasteiger partial charge in [-0.3, -0.25) is 24.5 Å². The Bertz CT molecular complexity index is 1120. The molecule has 1 aromatic carbocycles. The summed E-state index contributed by atoms with van der Waals surface area (Å²) in [6.07, 6.45) is 0. The van der Waals surface area contributed by atoms with Crippen LogP contribution in [0, 0.1) is 10.1 Å². The maximum Gasteiger partial charge on any atom is 0.335 e. The third kappa shape index (κ3) is 5.62. The number of anilines is 1. The van der Waals surface area contributed by atoms with Crippen LogP contribution in [0.5, 0.6) is 0 Å². The molecule has 1 aliphatic heterocycles. The summed E-state index contributed by atoms with van der Waals surface area (Å²) in [5, 5.41) is 19.5. The van der Waals surface area contributed by atoms with Crippen LogP contribution in [-0.2, 0) is 35.4 Å². The molecule has 34 heavy (non-hydrogen) atoms. The van der Waals surface area contributed by atoms with E-state index in [4.69, 9.17) is 15.3 Å². The zero-order valence-electron chi connectivity index (χ0n) is 18.0. The van der Waals surface area contributed by atoms with E-state index in [0.29, 0.717) is 5.56 Å². The second kappa shape index (κ2) is 10.7. The molecule has 0 aliphatic carbocycles. The number of oxime groups is 1. The quantitative estimate of drug-likeness (QED) is 0.154. The number of nitrogen functional groups attached to an aromatic ring is 1. The first-order valence-electron chi connectivity index (χ1n) is 9.69. The number of hydrogen-bond acceptors (Lipinski definition) is 12. The van der Waals surface area contributed by atoms with Gasteiger partial charge < -0.3 is 20.6 Å². The number of β-lactam (4-membered cyclic amide) rings is 1. The zero-order valence-corrected chi connectivity index (χ0v) is 18.8. The molecule has 3 rings (SSSR count). The van der Waals surface area contributed by atoms with Gasteiger partial charge in [-0.05, 0) is 24.6 Å². The van der Waals surface area contributed by atoms with Crippen LogP contribution in [0.4, 0.5) is 10.8 Å². The summed E-state index contributed by atoms with van der Waals surface area (Å²) >= 11 is 1.11. The lowest BCUT2D eigenvalue weighted by atomic mass is 10.00. The van der Waals surface area contributed by atoms with Crippen molar-refractivity contribution in [3.8, 4) is 0 Å². The highest BCUT2D eigenvalue weighted by Crippen LogP contribution is 2.21. The van der Waals surface area contributed by atoms with Crippen LogP contribution in [0.1, 0.15) is 18.2 Å². The highest BCUT2D eigenvalue weighted by Gasteiger charge is 2.47. The number of esters is 1. The summed E-state index contributed by atoms with van der Waals surface area (Å²) in [6.45, 7) is 0.950.